The largest absolute Gasteiger partial charge is 0.489 e. The average Bonchev–Trinajstić information content (AvgIpc) is 2.96. The lowest BCUT2D eigenvalue weighted by molar-refractivity contribution is 0.0397. The molecule has 0 spiro atoms. The second kappa shape index (κ2) is 15.5. The summed E-state index contributed by atoms with van der Waals surface area (Å²) in [7, 11) is -1.66. The van der Waals surface area contributed by atoms with Gasteiger partial charge in [0.15, 0.2) is 8.32 Å². The molecule has 0 aliphatic carbocycles. The number of rotatable bonds is 17. The van der Waals surface area contributed by atoms with Crippen LogP contribution < -0.4 is 4.74 Å². The third kappa shape index (κ3) is 8.54. The lowest BCUT2D eigenvalue weighted by Gasteiger charge is -2.42. The van der Waals surface area contributed by atoms with E-state index in [0.717, 1.165) is 54.5 Å². The first kappa shape index (κ1) is 31.3. The molecule has 37 heavy (non-hydrogen) atoms. The Kier molecular flexibility index (Phi) is 13.1. The van der Waals surface area contributed by atoms with Gasteiger partial charge in [-0.1, -0.05) is 71.9 Å². The van der Waals surface area contributed by atoms with Crippen LogP contribution in [0.15, 0.2) is 48.5 Å². The van der Waals surface area contributed by atoms with Gasteiger partial charge in [0, 0.05) is 0 Å². The van der Waals surface area contributed by atoms with Gasteiger partial charge < -0.3 is 19.4 Å². The number of aliphatic hydroxyl groups is 2. The summed E-state index contributed by atoms with van der Waals surface area (Å²) in [6.45, 7) is 14.0. The molecule has 0 heterocycles. The van der Waals surface area contributed by atoms with Crippen molar-refractivity contribution in [3.8, 4) is 5.75 Å². The smallest absolute Gasteiger partial charge is 0.192 e. The minimum Gasteiger partial charge on any atom is -0.489 e. The zero-order valence-electron chi connectivity index (χ0n) is 24.1. The fourth-order valence-electron chi connectivity index (χ4n) is 5.22. The van der Waals surface area contributed by atoms with E-state index in [2.05, 4.69) is 65.8 Å². The molecular weight excluding hydrogens is 476 g/mol. The van der Waals surface area contributed by atoms with Crippen LogP contribution in [0, 0.1) is 0 Å². The van der Waals surface area contributed by atoms with Crippen molar-refractivity contribution in [1.82, 2.24) is 0 Å². The summed E-state index contributed by atoms with van der Waals surface area (Å²) < 4.78 is 13.2. The molecule has 0 fully saturated rings. The van der Waals surface area contributed by atoms with Crippen LogP contribution in [0.3, 0.4) is 0 Å². The number of benzene rings is 2. The van der Waals surface area contributed by atoms with Crippen molar-refractivity contribution in [2.75, 3.05) is 0 Å². The molecule has 0 bridgehead atoms. The Labute approximate surface area is 226 Å². The zero-order chi connectivity index (χ0) is 27.3. The van der Waals surface area contributed by atoms with E-state index >= 15 is 0 Å². The number of ether oxygens (including phenoxy) is 1. The van der Waals surface area contributed by atoms with E-state index < -0.39 is 8.32 Å². The molecule has 0 aliphatic rings. The summed E-state index contributed by atoms with van der Waals surface area (Å²) in [4.78, 5) is 0. The quantitative estimate of drug-likeness (QED) is 0.203. The van der Waals surface area contributed by atoms with E-state index in [1.54, 1.807) is 0 Å². The van der Waals surface area contributed by atoms with Gasteiger partial charge in [0.1, 0.15) is 12.4 Å². The van der Waals surface area contributed by atoms with E-state index in [1.165, 1.54) is 29.3 Å². The number of allylic oxidation sites excluding steroid dienone is 2. The topological polar surface area (TPSA) is 58.9 Å². The zero-order valence-corrected chi connectivity index (χ0v) is 25.1. The number of hydrogen-bond acceptors (Lipinski definition) is 4. The molecule has 5 heteroatoms. The summed E-state index contributed by atoms with van der Waals surface area (Å²) in [5.74, 6) is 0.832. The van der Waals surface area contributed by atoms with Crippen LogP contribution in [-0.4, -0.2) is 24.1 Å². The highest BCUT2D eigenvalue weighted by Gasteiger charge is 2.38. The Morgan fingerprint density at radius 2 is 1.54 bits per heavy atom. The molecule has 0 unspecified atom stereocenters. The molecule has 2 aromatic carbocycles. The highest BCUT2D eigenvalue weighted by atomic mass is 28.4. The molecule has 0 saturated carbocycles. The Morgan fingerprint density at radius 3 is 2.11 bits per heavy atom. The lowest BCUT2D eigenvalue weighted by Crippen LogP contribution is -2.46. The van der Waals surface area contributed by atoms with Gasteiger partial charge in [0.25, 0.3) is 0 Å². The normalized spacial score (nSPS) is 12.7. The first-order valence-electron chi connectivity index (χ1n) is 14.3. The second-order valence-corrected chi connectivity index (χ2v) is 14.8. The highest BCUT2D eigenvalue weighted by Crippen LogP contribution is 2.36. The summed E-state index contributed by atoms with van der Waals surface area (Å²) in [5.41, 5.74) is 4.98. The predicted octanol–water partition coefficient (Wildman–Crippen LogP) is 8.40. The molecule has 2 N–H and O–H groups in total. The van der Waals surface area contributed by atoms with Crippen molar-refractivity contribution in [1.29, 1.82) is 0 Å². The maximum absolute atomic E-state index is 9.57. The van der Waals surface area contributed by atoms with Crippen LogP contribution in [0.4, 0.5) is 0 Å². The van der Waals surface area contributed by atoms with Crippen LogP contribution >= 0.6 is 0 Å². The van der Waals surface area contributed by atoms with Gasteiger partial charge >= 0.3 is 0 Å². The Morgan fingerprint density at radius 1 is 0.865 bits per heavy atom. The molecule has 206 valence electrons. The van der Waals surface area contributed by atoms with E-state index in [9.17, 15) is 10.2 Å². The van der Waals surface area contributed by atoms with Crippen molar-refractivity contribution >= 4 is 13.9 Å². The van der Waals surface area contributed by atoms with E-state index in [4.69, 9.17) is 9.16 Å². The van der Waals surface area contributed by atoms with Gasteiger partial charge in [0.05, 0.1) is 18.8 Å². The summed E-state index contributed by atoms with van der Waals surface area (Å²) in [6, 6.07) is 17.6. The predicted molar refractivity (Wildman–Crippen MR) is 158 cm³/mol. The van der Waals surface area contributed by atoms with Crippen molar-refractivity contribution in [3.63, 3.8) is 0 Å². The molecule has 0 radical (unpaired) electrons. The Bertz CT molecular complexity index is 968. The van der Waals surface area contributed by atoms with Crippen molar-refractivity contribution < 1.29 is 19.4 Å². The maximum atomic E-state index is 9.57. The lowest BCUT2D eigenvalue weighted by atomic mass is 9.90. The summed E-state index contributed by atoms with van der Waals surface area (Å²) in [5, 5.41) is 19.0. The average molecular weight is 527 g/mol. The maximum Gasteiger partial charge on any atom is 0.192 e. The summed E-state index contributed by atoms with van der Waals surface area (Å²) in [6.07, 6.45) is 7.57. The van der Waals surface area contributed by atoms with Gasteiger partial charge in [0.2, 0.25) is 0 Å². The monoisotopic (exact) mass is 526 g/mol. The van der Waals surface area contributed by atoms with Crippen molar-refractivity contribution in [2.24, 2.45) is 0 Å². The summed E-state index contributed by atoms with van der Waals surface area (Å²) >= 11 is 0. The first-order valence-corrected chi connectivity index (χ1v) is 16.8. The second-order valence-electron chi connectivity index (χ2n) is 10.1. The molecule has 4 nitrogen and oxygen atoms in total. The highest BCUT2D eigenvalue weighted by molar-refractivity contribution is 6.73. The first-order chi connectivity index (χ1) is 17.9. The van der Waals surface area contributed by atoms with E-state index in [0.29, 0.717) is 6.61 Å². The molecule has 0 atom stereocenters. The van der Waals surface area contributed by atoms with Crippen LogP contribution in [0.2, 0.25) is 18.1 Å². The third-order valence-electron chi connectivity index (χ3n) is 8.25. The molecule has 2 aromatic rings. The van der Waals surface area contributed by atoms with Crippen molar-refractivity contribution in [2.45, 2.75) is 117 Å². The minimum absolute atomic E-state index is 0.0203. The molecule has 0 saturated heterocycles. The van der Waals surface area contributed by atoms with Gasteiger partial charge in [-0.25, -0.2) is 0 Å². The SMILES string of the molecule is CC/C(=C/CCC(CC)(CC)O[Si](CC)(CC)CC)c1cccc(OCc2ccc(CO)c(CO)c2)c1. The van der Waals surface area contributed by atoms with Crippen LogP contribution in [-0.2, 0) is 24.2 Å². The molecule has 0 amide bonds. The standard InChI is InChI=1S/C32H50O4Si/c1-7-27(16-14-20-32(8-2,9-3)36-37(10-4,11-5)12-6)28-15-13-17-31(22-28)35-25-26-18-19-29(23-33)30(21-26)24-34/h13,15-19,21-22,33-34H,7-12,14,20,23-25H2,1-6H3/b27-16-. The van der Waals surface area contributed by atoms with Gasteiger partial charge in [-0.05, 0) is 96.3 Å². The Balaban J connectivity index is 2.12. The minimum atomic E-state index is -1.66. The number of hydrogen-bond donors (Lipinski definition) is 2. The number of aliphatic hydroxyl groups excluding tert-OH is 2. The molecular formula is C32H50O4Si. The fourth-order valence-corrected chi connectivity index (χ4v) is 8.47. The van der Waals surface area contributed by atoms with E-state index in [1.807, 2.05) is 24.3 Å². The Hall–Kier alpha value is -1.92. The molecule has 0 aliphatic heterocycles. The van der Waals surface area contributed by atoms with Gasteiger partial charge in [-0.3, -0.25) is 0 Å². The van der Waals surface area contributed by atoms with E-state index in [-0.39, 0.29) is 18.8 Å². The molecule has 0 aromatic heterocycles. The van der Waals surface area contributed by atoms with Crippen LogP contribution in [0.1, 0.15) is 95.9 Å². The third-order valence-corrected chi connectivity index (χ3v) is 13.0. The molecule has 2 rings (SSSR count). The fraction of sp³-hybridized carbons (Fsp3) is 0.562. The van der Waals surface area contributed by atoms with Crippen molar-refractivity contribution in [3.05, 3.63) is 70.8 Å². The van der Waals surface area contributed by atoms with Crippen LogP contribution in [0.5, 0.6) is 5.75 Å². The van der Waals surface area contributed by atoms with Gasteiger partial charge in [-0.15, -0.1) is 0 Å². The van der Waals surface area contributed by atoms with Crippen LogP contribution in [0.25, 0.3) is 5.57 Å². The van der Waals surface area contributed by atoms with Gasteiger partial charge in [-0.2, -0.15) is 0 Å².